The van der Waals surface area contributed by atoms with Gasteiger partial charge in [0.05, 0.1) is 29.4 Å². The first-order chi connectivity index (χ1) is 29.0. The van der Waals surface area contributed by atoms with Gasteiger partial charge in [-0.2, -0.15) is 37.2 Å². The molecule has 62 heavy (non-hydrogen) atoms. The fourth-order valence-electron chi connectivity index (χ4n) is 7.55. The summed E-state index contributed by atoms with van der Waals surface area (Å²) >= 11 is 0. The van der Waals surface area contributed by atoms with E-state index in [-0.39, 0.29) is 37.9 Å². The van der Waals surface area contributed by atoms with Gasteiger partial charge in [0.1, 0.15) is 46.0 Å². The first-order valence-corrected chi connectivity index (χ1v) is 20.0. The van der Waals surface area contributed by atoms with Crippen LogP contribution in [0.25, 0.3) is 22.0 Å². The maximum Gasteiger partial charge on any atom is 0.435 e. The summed E-state index contributed by atoms with van der Waals surface area (Å²) in [5, 5.41) is 25.0. The van der Waals surface area contributed by atoms with Gasteiger partial charge < -0.3 is 10.4 Å². The van der Waals surface area contributed by atoms with Crippen LogP contribution in [-0.4, -0.2) is 59.4 Å². The second kappa shape index (κ2) is 14.7. The third-order valence-electron chi connectivity index (χ3n) is 10.1. The molecule has 6 aromatic rings. The minimum atomic E-state index is -5.16. The molecule has 2 aliphatic carbocycles. The van der Waals surface area contributed by atoms with E-state index in [1.807, 2.05) is 0 Å². The number of hydrogen-bond acceptors (Lipinski definition) is 8. The van der Waals surface area contributed by atoms with Crippen molar-refractivity contribution < 1.29 is 49.1 Å². The molecule has 0 aliphatic heterocycles. The van der Waals surface area contributed by atoms with Gasteiger partial charge in [0.2, 0.25) is 5.91 Å². The van der Waals surface area contributed by atoms with E-state index < -0.39 is 93.1 Å². The first-order valence-electron chi connectivity index (χ1n) is 18.6. The molecule has 2 aromatic carbocycles. The van der Waals surface area contributed by atoms with E-state index in [1.165, 1.54) is 48.6 Å². The Balaban J connectivity index is 1.26. The van der Waals surface area contributed by atoms with Crippen LogP contribution in [-0.2, 0) is 54.0 Å². The summed E-state index contributed by atoms with van der Waals surface area (Å²) in [6.45, 7) is 1.68. The topological polar surface area (TPSA) is 162 Å². The molecule has 3 N–H and O–H groups in total. The number of anilines is 1. The lowest BCUT2D eigenvalue weighted by atomic mass is 9.84. The average molecular weight is 880 g/mol. The molecule has 320 valence electrons. The van der Waals surface area contributed by atoms with Crippen molar-refractivity contribution in [2.45, 2.75) is 61.4 Å². The third kappa shape index (κ3) is 7.73. The number of hydrogen-bond donors (Lipinski definition) is 3. The van der Waals surface area contributed by atoms with Crippen LogP contribution in [0.3, 0.4) is 0 Å². The van der Waals surface area contributed by atoms with Crippen molar-refractivity contribution in [3.63, 3.8) is 0 Å². The van der Waals surface area contributed by atoms with Gasteiger partial charge in [-0.3, -0.25) is 23.6 Å². The number of benzene rings is 2. The van der Waals surface area contributed by atoms with Gasteiger partial charge in [-0.1, -0.05) is 29.9 Å². The molecule has 0 fully saturated rings. The number of aryl methyl sites for hydroxylation is 2. The predicted molar refractivity (Wildman–Crippen MR) is 207 cm³/mol. The van der Waals surface area contributed by atoms with Crippen LogP contribution >= 0.6 is 0 Å². The smallest absolute Gasteiger partial charge is 0.378 e. The van der Waals surface area contributed by atoms with Gasteiger partial charge in [-0.15, -0.1) is 0 Å². The van der Waals surface area contributed by atoms with Crippen molar-refractivity contribution >= 4 is 32.7 Å². The number of rotatable bonds is 10. The second-order valence-electron chi connectivity index (χ2n) is 15.3. The third-order valence-corrected chi connectivity index (χ3v) is 11.4. The molecule has 4 heterocycles. The Labute approximate surface area is 348 Å². The van der Waals surface area contributed by atoms with Gasteiger partial charge in [-0.25, -0.2) is 22.2 Å². The van der Waals surface area contributed by atoms with Crippen LogP contribution < -0.4 is 10.0 Å². The Kier molecular flexibility index (Phi) is 9.98. The molecule has 13 nitrogen and oxygen atoms in total. The van der Waals surface area contributed by atoms with Crippen LogP contribution in [0, 0.1) is 41.2 Å². The number of fused-ring (bicyclic) bond motifs is 4. The zero-order valence-corrected chi connectivity index (χ0v) is 33.6. The summed E-state index contributed by atoms with van der Waals surface area (Å²) in [4.78, 5) is 18.6. The molecular weight excluding hydrogens is 848 g/mol. The normalized spacial score (nSPS) is 17.0. The molecule has 0 unspecified atom stereocenters. The molecule has 0 bridgehead atoms. The van der Waals surface area contributed by atoms with E-state index in [0.717, 1.165) is 18.3 Å². The largest absolute Gasteiger partial charge is 0.435 e. The number of carbonyl (C=O) groups excluding carboxylic acids is 1. The molecule has 0 saturated heterocycles. The first kappa shape index (κ1) is 42.0. The van der Waals surface area contributed by atoms with Crippen molar-refractivity contribution in [1.29, 1.82) is 0 Å². The van der Waals surface area contributed by atoms with Gasteiger partial charge in [0, 0.05) is 48.4 Å². The van der Waals surface area contributed by atoms with Crippen LogP contribution in [0.15, 0.2) is 65.8 Å². The highest BCUT2D eigenvalue weighted by Gasteiger charge is 2.62. The number of amides is 1. The highest BCUT2D eigenvalue weighted by molar-refractivity contribution is 7.92. The molecule has 0 spiro atoms. The van der Waals surface area contributed by atoms with Gasteiger partial charge in [0.25, 0.3) is 10.0 Å². The number of aromatic nitrogens is 7. The number of aliphatic hydroxyl groups is 1. The van der Waals surface area contributed by atoms with E-state index >= 15 is 8.78 Å². The minimum absolute atomic E-state index is 0.0149. The Hall–Kier alpha value is -6.71. The zero-order chi connectivity index (χ0) is 44.7. The fraction of sp³-hybridized carbons (Fsp3) is 0.293. The van der Waals surface area contributed by atoms with E-state index in [4.69, 9.17) is 4.98 Å². The number of halogens is 7. The lowest BCUT2D eigenvalue weighted by Gasteiger charge is -2.24. The lowest BCUT2D eigenvalue weighted by molar-refractivity contribution is -0.142. The number of sulfonamides is 1. The second-order valence-corrected chi connectivity index (χ2v) is 17.0. The Morgan fingerprint density at radius 2 is 1.76 bits per heavy atom. The number of nitrogens with one attached hydrogen (secondary N) is 2. The fourth-order valence-corrected chi connectivity index (χ4v) is 8.55. The SMILES string of the molecule is Cn1cc(S(=O)(=O)Nc2nn(C)c3c(-c4ccc(C#CC(C)(C)O)nc4[C@H](Cc4cc(F)cc(F)c4)NC(=O)Cn4nc(C(F)(F)F)c5c4C(F)(F)[C@@H]4C#C[C@H]54)cccc23)cn1. The van der Waals surface area contributed by atoms with E-state index in [1.54, 1.807) is 25.2 Å². The molecule has 2 aliphatic rings. The molecule has 8 rings (SSSR count). The maximum atomic E-state index is 15.6. The van der Waals surface area contributed by atoms with Crippen LogP contribution in [0.1, 0.15) is 59.7 Å². The van der Waals surface area contributed by atoms with Crippen molar-refractivity contribution in [2.24, 2.45) is 20.0 Å². The summed E-state index contributed by atoms with van der Waals surface area (Å²) in [6.07, 6.45) is -3.14. The van der Waals surface area contributed by atoms with Gasteiger partial charge >= 0.3 is 12.1 Å². The van der Waals surface area contributed by atoms with Crippen LogP contribution in [0.4, 0.5) is 36.6 Å². The summed E-state index contributed by atoms with van der Waals surface area (Å²) in [5.41, 5.74) is -4.12. The average Bonchev–Trinajstić information content (AvgIpc) is 3.87. The van der Waals surface area contributed by atoms with Crippen molar-refractivity contribution in [3.05, 3.63) is 106 Å². The summed E-state index contributed by atoms with van der Waals surface area (Å²) in [5.74, 6) is -0.285. The lowest BCUT2D eigenvalue weighted by Crippen LogP contribution is -2.36. The standard InChI is InChI=1S/C41H32F7N9O4S/c1-39(2,59)13-12-24-8-9-26(27-6-5-7-29-35(27)56(4)53-38(29)54-62(60,61)25-18-49-55(3)19-25)34(50-24)31(16-21-14-22(42)17-23(43)15-21)51-32(58)20-57-37-33(36(52-57)41(46,47)48)28-10-11-30(28)40(37,44)45/h5-9,14-15,17-19,28,30-31,59H,16,20H2,1-4H3,(H,51,58)(H,53,54)/t28-,30+,31-/m0/s1. The maximum absolute atomic E-state index is 15.6. The summed E-state index contributed by atoms with van der Waals surface area (Å²) in [7, 11) is -1.11. The monoisotopic (exact) mass is 879 g/mol. The minimum Gasteiger partial charge on any atom is -0.378 e. The van der Waals surface area contributed by atoms with Crippen molar-refractivity contribution in [1.82, 2.24) is 39.6 Å². The Morgan fingerprint density at radius 3 is 2.39 bits per heavy atom. The van der Waals surface area contributed by atoms with Crippen LogP contribution in [0.5, 0.6) is 0 Å². The predicted octanol–water partition coefficient (Wildman–Crippen LogP) is 5.71. The van der Waals surface area contributed by atoms with Gasteiger partial charge in [-0.05, 0) is 62.1 Å². The van der Waals surface area contributed by atoms with Crippen molar-refractivity contribution in [2.75, 3.05) is 4.72 Å². The van der Waals surface area contributed by atoms with Gasteiger partial charge in [0.15, 0.2) is 11.5 Å². The molecule has 0 radical (unpaired) electrons. The zero-order valence-electron chi connectivity index (χ0n) is 32.8. The van der Waals surface area contributed by atoms with E-state index in [2.05, 4.69) is 49.0 Å². The number of alkyl halides is 5. The molecule has 3 atom stereocenters. The molecule has 1 amide bonds. The number of pyridine rings is 1. The number of carbonyl (C=O) groups is 1. The highest BCUT2D eigenvalue weighted by atomic mass is 32.2. The molecule has 4 aromatic heterocycles. The molecule has 21 heteroatoms. The van der Waals surface area contributed by atoms with Crippen LogP contribution in [0.2, 0.25) is 0 Å². The summed E-state index contributed by atoms with van der Waals surface area (Å²) in [6, 6.07) is 8.96. The quantitative estimate of drug-likeness (QED) is 0.117. The number of nitrogens with zero attached hydrogens (tertiary/aromatic N) is 7. The summed E-state index contributed by atoms with van der Waals surface area (Å²) < 4.78 is 135. The number of para-hydroxylation sites is 1. The van der Waals surface area contributed by atoms with E-state index in [0.29, 0.717) is 22.5 Å². The Morgan fingerprint density at radius 1 is 1.03 bits per heavy atom. The molecular formula is C41H32F7N9O4S. The molecule has 0 saturated carbocycles. The van der Waals surface area contributed by atoms with E-state index in [9.17, 15) is 40.3 Å². The highest BCUT2D eigenvalue weighted by Crippen LogP contribution is 2.58. The van der Waals surface area contributed by atoms with Crippen molar-refractivity contribution in [3.8, 4) is 34.8 Å². The Bertz CT molecular complexity index is 3050.